The zero-order valence-electron chi connectivity index (χ0n) is 25.3. The van der Waals surface area contributed by atoms with Crippen LogP contribution in [0.25, 0.3) is 0 Å². The van der Waals surface area contributed by atoms with E-state index < -0.39 is 52.6 Å². The highest BCUT2D eigenvalue weighted by molar-refractivity contribution is 6.32. The van der Waals surface area contributed by atoms with Crippen molar-refractivity contribution in [2.45, 2.75) is 39.5 Å². The molecule has 0 unspecified atom stereocenters. The molecule has 10 heteroatoms. The molecule has 3 aromatic rings. The minimum atomic E-state index is -1.29. The molecule has 0 aromatic heterocycles. The summed E-state index contributed by atoms with van der Waals surface area (Å²) < 4.78 is 14.1. The van der Waals surface area contributed by atoms with Crippen LogP contribution >= 0.6 is 11.6 Å². The monoisotopic (exact) mass is 640 g/mol. The van der Waals surface area contributed by atoms with E-state index >= 15 is 0 Å². The van der Waals surface area contributed by atoms with Gasteiger partial charge in [0.05, 0.1) is 39.6 Å². The lowest BCUT2D eigenvalue weighted by Crippen LogP contribution is -2.48. The summed E-state index contributed by atoms with van der Waals surface area (Å²) in [7, 11) is 0. The van der Waals surface area contributed by atoms with Crippen molar-refractivity contribution in [1.82, 2.24) is 0 Å². The van der Waals surface area contributed by atoms with E-state index in [0.29, 0.717) is 22.4 Å². The van der Waals surface area contributed by atoms with Crippen molar-refractivity contribution in [1.29, 1.82) is 0 Å². The third-order valence-electron chi connectivity index (χ3n) is 10.5. The lowest BCUT2D eigenvalue weighted by atomic mass is 9.51. The van der Waals surface area contributed by atoms with Crippen LogP contribution in [0, 0.1) is 41.8 Å². The number of imide groups is 2. The summed E-state index contributed by atoms with van der Waals surface area (Å²) >= 11 is 6.06. The SMILES string of the molecule is CC(=O)c1ccc(N2C(=O)[C@H]3[C@H](CC=C4[C@H]3C[C@H]3C(=O)N(c5ccc(F)c(Cl)c5)C(=O)[C@@]3(C)[C@H]4c3ccc(O)c(C)c3)C2=O)cc1. The van der Waals surface area contributed by atoms with Crippen LogP contribution in [0.1, 0.15) is 54.1 Å². The smallest absolute Gasteiger partial charge is 0.241 e. The molecule has 234 valence electrons. The van der Waals surface area contributed by atoms with E-state index in [1.165, 1.54) is 24.0 Å². The van der Waals surface area contributed by atoms with E-state index in [1.54, 1.807) is 56.3 Å². The molecule has 46 heavy (non-hydrogen) atoms. The topological polar surface area (TPSA) is 112 Å². The number of anilines is 2. The Labute approximate surface area is 269 Å². The van der Waals surface area contributed by atoms with Crippen molar-refractivity contribution in [3.8, 4) is 5.75 Å². The van der Waals surface area contributed by atoms with E-state index in [-0.39, 0.29) is 46.9 Å². The van der Waals surface area contributed by atoms with Crippen molar-refractivity contribution in [3.63, 3.8) is 0 Å². The summed E-state index contributed by atoms with van der Waals surface area (Å²) in [6, 6.07) is 15.1. The van der Waals surface area contributed by atoms with Crippen LogP contribution in [-0.2, 0) is 19.2 Å². The Kier molecular flexibility index (Phi) is 6.83. The van der Waals surface area contributed by atoms with Crippen LogP contribution in [0.4, 0.5) is 15.8 Å². The number of allylic oxidation sites excluding steroid dienone is 2. The maximum Gasteiger partial charge on any atom is 0.241 e. The highest BCUT2D eigenvalue weighted by Gasteiger charge is 2.67. The predicted octanol–water partition coefficient (Wildman–Crippen LogP) is 6.13. The van der Waals surface area contributed by atoms with Gasteiger partial charge >= 0.3 is 0 Å². The number of rotatable bonds is 4. The summed E-state index contributed by atoms with van der Waals surface area (Å²) in [5.41, 5.74) is 1.78. The van der Waals surface area contributed by atoms with Crippen LogP contribution < -0.4 is 9.80 Å². The molecule has 3 aromatic carbocycles. The molecule has 4 aliphatic rings. The average molecular weight is 641 g/mol. The number of hydrogen-bond donors (Lipinski definition) is 1. The first kappa shape index (κ1) is 30.0. The highest BCUT2D eigenvalue weighted by atomic mass is 35.5. The summed E-state index contributed by atoms with van der Waals surface area (Å²) in [4.78, 5) is 70.8. The minimum Gasteiger partial charge on any atom is -0.508 e. The summed E-state index contributed by atoms with van der Waals surface area (Å²) in [5, 5.41) is 10.1. The quantitative estimate of drug-likeness (QED) is 0.209. The van der Waals surface area contributed by atoms with Gasteiger partial charge in [0.1, 0.15) is 11.6 Å². The molecule has 1 saturated carbocycles. The van der Waals surface area contributed by atoms with Gasteiger partial charge in [-0.15, -0.1) is 0 Å². The van der Waals surface area contributed by atoms with Crippen LogP contribution in [0.5, 0.6) is 5.75 Å². The fourth-order valence-electron chi connectivity index (χ4n) is 8.22. The molecule has 3 fully saturated rings. The van der Waals surface area contributed by atoms with Crippen molar-refractivity contribution in [2.75, 3.05) is 9.80 Å². The van der Waals surface area contributed by atoms with E-state index in [4.69, 9.17) is 11.6 Å². The molecule has 2 heterocycles. The molecule has 0 radical (unpaired) electrons. The van der Waals surface area contributed by atoms with Crippen LogP contribution in [-0.4, -0.2) is 34.5 Å². The van der Waals surface area contributed by atoms with Crippen molar-refractivity contribution in [2.24, 2.45) is 29.1 Å². The van der Waals surface area contributed by atoms with Crippen LogP contribution in [0.15, 0.2) is 72.3 Å². The number of fused-ring (bicyclic) bond motifs is 4. The van der Waals surface area contributed by atoms with Crippen LogP contribution in [0.3, 0.4) is 0 Å². The Morgan fingerprint density at radius 3 is 2.26 bits per heavy atom. The lowest BCUT2D eigenvalue weighted by Gasteiger charge is -2.49. The minimum absolute atomic E-state index is 0.0786. The zero-order valence-corrected chi connectivity index (χ0v) is 26.0. The Balaban J connectivity index is 1.35. The number of phenolic OH excluding ortho intramolecular Hbond substituents is 1. The van der Waals surface area contributed by atoms with Gasteiger partial charge in [0, 0.05) is 11.5 Å². The maximum atomic E-state index is 14.5. The Bertz CT molecular complexity index is 1920. The van der Waals surface area contributed by atoms with E-state index in [9.17, 15) is 33.5 Å². The van der Waals surface area contributed by atoms with Gasteiger partial charge in [0.25, 0.3) is 0 Å². The molecule has 7 rings (SSSR count). The summed E-state index contributed by atoms with van der Waals surface area (Å²) in [6.07, 6.45) is 2.38. The molecule has 2 aliphatic heterocycles. The second-order valence-corrected chi connectivity index (χ2v) is 13.3. The van der Waals surface area contributed by atoms with Crippen molar-refractivity contribution < 1.29 is 33.5 Å². The molecule has 4 amide bonds. The Morgan fingerprint density at radius 1 is 0.913 bits per heavy atom. The van der Waals surface area contributed by atoms with Gasteiger partial charge in [-0.2, -0.15) is 0 Å². The van der Waals surface area contributed by atoms with Gasteiger partial charge in [-0.1, -0.05) is 35.4 Å². The van der Waals surface area contributed by atoms with Crippen molar-refractivity contribution in [3.05, 3.63) is 99.8 Å². The van der Waals surface area contributed by atoms with Gasteiger partial charge in [0.2, 0.25) is 23.6 Å². The fraction of sp³-hybridized carbons (Fsp3) is 0.306. The second-order valence-electron chi connectivity index (χ2n) is 12.9. The molecule has 2 saturated heterocycles. The number of amides is 4. The molecule has 8 nitrogen and oxygen atoms in total. The Hall–Kier alpha value is -4.63. The highest BCUT2D eigenvalue weighted by Crippen LogP contribution is 2.64. The van der Waals surface area contributed by atoms with E-state index in [0.717, 1.165) is 16.5 Å². The predicted molar refractivity (Wildman–Crippen MR) is 168 cm³/mol. The number of halogens is 2. The number of benzene rings is 3. The number of hydrogen-bond acceptors (Lipinski definition) is 6. The van der Waals surface area contributed by atoms with Gasteiger partial charge in [-0.3, -0.25) is 28.9 Å². The average Bonchev–Trinajstić information content (AvgIpc) is 3.39. The van der Waals surface area contributed by atoms with Crippen molar-refractivity contribution >= 4 is 52.4 Å². The molecule has 0 bridgehead atoms. The molecule has 2 aliphatic carbocycles. The lowest BCUT2D eigenvalue weighted by molar-refractivity contribution is -0.131. The number of nitrogens with zero attached hydrogens (tertiary/aromatic N) is 2. The molecule has 1 N–H and O–H groups in total. The Morgan fingerprint density at radius 2 is 1.61 bits per heavy atom. The van der Waals surface area contributed by atoms with Gasteiger partial charge in [-0.05, 0) is 99.2 Å². The van der Waals surface area contributed by atoms with E-state index in [1.807, 2.05) is 6.08 Å². The zero-order chi connectivity index (χ0) is 32.8. The molecular formula is C36H30ClFN2O6. The van der Waals surface area contributed by atoms with Gasteiger partial charge in [0.15, 0.2) is 5.78 Å². The third kappa shape index (κ3) is 4.14. The number of phenols is 1. The number of aryl methyl sites for hydroxylation is 1. The second kappa shape index (κ2) is 10.5. The first-order chi connectivity index (χ1) is 21.8. The standard InChI is InChI=1S/C36H30ClFN2O6/c1-17-14-20(6-13-29(17)42)31-23-10-11-24-30(34(45)39(32(24)43)21-7-4-19(5-8-21)18(2)41)25(23)16-26-33(44)40(35(46)36(26,31)3)22-9-12-28(38)27(37)15-22/h4-10,12-15,24-26,30-31,42H,11,16H2,1-3H3/t24-,25+,26-,30-,31-,36+/m0/s1. The van der Waals surface area contributed by atoms with E-state index in [2.05, 4.69) is 0 Å². The molecule has 0 spiro atoms. The number of carbonyl (C=O) groups is 5. The first-order valence-electron chi connectivity index (χ1n) is 15.2. The normalized spacial score (nSPS) is 28.6. The third-order valence-corrected chi connectivity index (χ3v) is 10.8. The largest absolute Gasteiger partial charge is 0.508 e. The fourth-order valence-corrected chi connectivity index (χ4v) is 8.40. The number of ketones is 1. The van der Waals surface area contributed by atoms with Gasteiger partial charge in [-0.25, -0.2) is 9.29 Å². The maximum absolute atomic E-state index is 14.5. The van der Waals surface area contributed by atoms with Crippen LogP contribution in [0.2, 0.25) is 5.02 Å². The molecule has 6 atom stereocenters. The number of carbonyl (C=O) groups excluding carboxylic acids is 5. The molecular weight excluding hydrogens is 611 g/mol. The number of Topliss-reactive ketones (excluding diaryl/α,β-unsaturated/α-hetero) is 1. The summed E-state index contributed by atoms with van der Waals surface area (Å²) in [6.45, 7) is 4.93. The first-order valence-corrected chi connectivity index (χ1v) is 15.5. The number of aromatic hydroxyl groups is 1. The summed E-state index contributed by atoms with van der Waals surface area (Å²) in [5.74, 6) is -5.88. The van der Waals surface area contributed by atoms with Gasteiger partial charge < -0.3 is 5.11 Å².